The van der Waals surface area contributed by atoms with Gasteiger partial charge in [0.1, 0.15) is 0 Å². The smallest absolute Gasteiger partial charge is 0.331 e. The van der Waals surface area contributed by atoms with Crippen molar-refractivity contribution in [3.05, 3.63) is 12.4 Å². The van der Waals surface area contributed by atoms with Crippen LogP contribution in [0.1, 0.15) is 6.42 Å². The quantitative estimate of drug-likeness (QED) is 0.728. The van der Waals surface area contributed by atoms with Gasteiger partial charge in [0.2, 0.25) is 11.9 Å². The van der Waals surface area contributed by atoms with Crippen molar-refractivity contribution in [2.45, 2.75) is 12.6 Å². The first-order valence-electron chi connectivity index (χ1n) is 5.04. The second kappa shape index (κ2) is 4.02. The van der Waals surface area contributed by atoms with Crippen LogP contribution in [0, 0.1) is 5.41 Å². The number of amides is 1. The molecular formula is C9H11F3N4O. The molecule has 1 aromatic heterocycles. The molecule has 1 amide bonds. The monoisotopic (exact) mass is 248 g/mol. The third kappa shape index (κ3) is 1.99. The fraction of sp³-hybridized carbons (Fsp3) is 0.556. The summed E-state index contributed by atoms with van der Waals surface area (Å²) in [5, 5.41) is 4.71. The molecule has 8 heteroatoms. The fourth-order valence-corrected chi connectivity index (χ4v) is 1.82. The van der Waals surface area contributed by atoms with Crippen LogP contribution in [0.4, 0.5) is 19.1 Å². The van der Waals surface area contributed by atoms with Crippen LogP contribution < -0.4 is 10.6 Å². The minimum atomic E-state index is -4.58. The van der Waals surface area contributed by atoms with Gasteiger partial charge in [0, 0.05) is 18.9 Å². The van der Waals surface area contributed by atoms with E-state index in [2.05, 4.69) is 20.6 Å². The average Bonchev–Trinajstić information content (AvgIpc) is 2.85. The van der Waals surface area contributed by atoms with Crippen molar-refractivity contribution in [2.24, 2.45) is 5.41 Å². The second-order valence-corrected chi connectivity index (χ2v) is 3.90. The topological polar surface area (TPSA) is 69.8 Å². The number of alkyl halides is 3. The first kappa shape index (κ1) is 11.9. The number of carbonyl (C=O) groups is 1. The van der Waals surface area contributed by atoms with E-state index in [0.717, 1.165) is 0 Å². The number of aromatic nitrogens is 2. The molecule has 3 N–H and O–H groups in total. The van der Waals surface area contributed by atoms with Gasteiger partial charge in [-0.15, -0.1) is 0 Å². The number of imidazole rings is 1. The number of H-pyrrole nitrogens is 1. The van der Waals surface area contributed by atoms with E-state index < -0.39 is 24.0 Å². The Labute approximate surface area is 94.8 Å². The van der Waals surface area contributed by atoms with Crippen molar-refractivity contribution < 1.29 is 18.0 Å². The van der Waals surface area contributed by atoms with Gasteiger partial charge in [-0.05, 0) is 13.0 Å². The fourth-order valence-electron chi connectivity index (χ4n) is 1.82. The molecule has 1 fully saturated rings. The van der Waals surface area contributed by atoms with Gasteiger partial charge in [-0.3, -0.25) is 10.1 Å². The standard InChI is InChI=1S/C9H11F3N4O/c10-9(11,12)8(1-2-13-5-8)6(17)16-7-14-3-4-15-7/h3-4,13H,1-2,5H2,(H2,14,15,16,17). The number of nitrogens with one attached hydrogen (secondary N) is 3. The van der Waals surface area contributed by atoms with Gasteiger partial charge in [-0.1, -0.05) is 0 Å². The molecule has 1 aliphatic heterocycles. The molecule has 0 saturated carbocycles. The Morgan fingerprint density at radius 1 is 1.53 bits per heavy atom. The van der Waals surface area contributed by atoms with Crippen LogP contribution in [-0.2, 0) is 4.79 Å². The van der Waals surface area contributed by atoms with E-state index >= 15 is 0 Å². The highest BCUT2D eigenvalue weighted by molar-refractivity contribution is 5.95. The molecule has 1 aromatic rings. The molecule has 0 aromatic carbocycles. The van der Waals surface area contributed by atoms with Crippen LogP contribution in [0.5, 0.6) is 0 Å². The number of hydrogen-bond acceptors (Lipinski definition) is 3. The summed E-state index contributed by atoms with van der Waals surface area (Å²) < 4.78 is 38.9. The third-order valence-corrected chi connectivity index (χ3v) is 2.86. The summed E-state index contributed by atoms with van der Waals surface area (Å²) in [4.78, 5) is 17.9. The van der Waals surface area contributed by atoms with E-state index in [1.54, 1.807) is 0 Å². The lowest BCUT2D eigenvalue weighted by Gasteiger charge is -2.28. The Balaban J connectivity index is 2.20. The number of hydrogen-bond donors (Lipinski definition) is 3. The first-order chi connectivity index (χ1) is 7.96. The molecule has 2 rings (SSSR count). The van der Waals surface area contributed by atoms with E-state index in [-0.39, 0.29) is 18.9 Å². The molecular weight excluding hydrogens is 237 g/mol. The Morgan fingerprint density at radius 3 is 2.76 bits per heavy atom. The lowest BCUT2D eigenvalue weighted by Crippen LogP contribution is -2.49. The maximum atomic E-state index is 13.0. The van der Waals surface area contributed by atoms with Gasteiger partial charge in [-0.2, -0.15) is 13.2 Å². The highest BCUT2D eigenvalue weighted by Gasteiger charge is 2.61. The molecule has 1 saturated heterocycles. The zero-order valence-electron chi connectivity index (χ0n) is 8.77. The summed E-state index contributed by atoms with van der Waals surface area (Å²) >= 11 is 0. The molecule has 0 bridgehead atoms. The van der Waals surface area contributed by atoms with Gasteiger partial charge in [-0.25, -0.2) is 4.98 Å². The molecule has 94 valence electrons. The summed E-state index contributed by atoms with van der Waals surface area (Å²) in [6.07, 6.45) is -2.07. The summed E-state index contributed by atoms with van der Waals surface area (Å²) in [6.45, 7) is -0.228. The van der Waals surface area contributed by atoms with Crippen LogP contribution in [-0.4, -0.2) is 35.1 Å². The predicted octanol–water partition coefficient (Wildman–Crippen LogP) is 0.890. The highest BCUT2D eigenvalue weighted by atomic mass is 19.4. The zero-order chi connectivity index (χ0) is 12.5. The SMILES string of the molecule is O=C(Nc1ncc[nH]1)C1(C(F)(F)F)CCNC1. The van der Waals surface area contributed by atoms with Gasteiger partial charge < -0.3 is 10.3 Å². The van der Waals surface area contributed by atoms with Gasteiger partial charge in [0.25, 0.3) is 0 Å². The van der Waals surface area contributed by atoms with E-state index in [4.69, 9.17) is 0 Å². The highest BCUT2D eigenvalue weighted by Crippen LogP contribution is 2.43. The van der Waals surface area contributed by atoms with Crippen LogP contribution in [0.2, 0.25) is 0 Å². The summed E-state index contributed by atoms with van der Waals surface area (Å²) in [6, 6.07) is 0. The van der Waals surface area contributed by atoms with Crippen molar-refractivity contribution >= 4 is 11.9 Å². The van der Waals surface area contributed by atoms with Crippen molar-refractivity contribution in [3.63, 3.8) is 0 Å². The number of aromatic amines is 1. The maximum Gasteiger partial charge on any atom is 0.404 e. The lowest BCUT2D eigenvalue weighted by molar-refractivity contribution is -0.213. The number of halogens is 3. The minimum absolute atomic E-state index is 0.0190. The molecule has 0 radical (unpaired) electrons. The largest absolute Gasteiger partial charge is 0.404 e. The Hall–Kier alpha value is -1.57. The third-order valence-electron chi connectivity index (χ3n) is 2.86. The van der Waals surface area contributed by atoms with Crippen molar-refractivity contribution in [2.75, 3.05) is 18.4 Å². The van der Waals surface area contributed by atoms with Gasteiger partial charge in [0.15, 0.2) is 5.41 Å². The molecule has 1 unspecified atom stereocenters. The molecule has 1 aliphatic rings. The average molecular weight is 248 g/mol. The molecule has 0 spiro atoms. The molecule has 0 aliphatic carbocycles. The number of carbonyl (C=O) groups excluding carboxylic acids is 1. The van der Waals surface area contributed by atoms with Crippen LogP contribution >= 0.6 is 0 Å². The molecule has 5 nitrogen and oxygen atoms in total. The zero-order valence-corrected chi connectivity index (χ0v) is 8.77. The second-order valence-electron chi connectivity index (χ2n) is 3.90. The van der Waals surface area contributed by atoms with E-state index in [9.17, 15) is 18.0 Å². The Kier molecular flexibility index (Phi) is 2.82. The lowest BCUT2D eigenvalue weighted by atomic mass is 9.85. The van der Waals surface area contributed by atoms with Gasteiger partial charge in [0.05, 0.1) is 0 Å². The van der Waals surface area contributed by atoms with Crippen molar-refractivity contribution in [3.8, 4) is 0 Å². The normalized spacial score (nSPS) is 24.9. The van der Waals surface area contributed by atoms with Crippen LogP contribution in [0.3, 0.4) is 0 Å². The van der Waals surface area contributed by atoms with Crippen molar-refractivity contribution in [1.82, 2.24) is 15.3 Å². The summed E-state index contributed by atoms with van der Waals surface area (Å²) in [5.74, 6) is -1.06. The van der Waals surface area contributed by atoms with Crippen LogP contribution in [0.15, 0.2) is 12.4 Å². The number of anilines is 1. The maximum absolute atomic E-state index is 13.0. The first-order valence-corrected chi connectivity index (χ1v) is 5.04. The molecule has 17 heavy (non-hydrogen) atoms. The Morgan fingerprint density at radius 2 is 2.29 bits per heavy atom. The molecule has 2 heterocycles. The number of rotatable bonds is 2. The van der Waals surface area contributed by atoms with E-state index in [1.807, 2.05) is 0 Å². The van der Waals surface area contributed by atoms with E-state index in [0.29, 0.717) is 0 Å². The molecule has 1 atom stereocenters. The minimum Gasteiger partial charge on any atom is -0.331 e. The van der Waals surface area contributed by atoms with Crippen LogP contribution in [0.25, 0.3) is 0 Å². The van der Waals surface area contributed by atoms with Crippen molar-refractivity contribution in [1.29, 1.82) is 0 Å². The number of nitrogens with zero attached hydrogens (tertiary/aromatic N) is 1. The summed E-state index contributed by atoms with van der Waals surface area (Å²) in [5.41, 5.74) is -2.36. The summed E-state index contributed by atoms with van der Waals surface area (Å²) in [7, 11) is 0. The Bertz CT molecular complexity index is 395. The van der Waals surface area contributed by atoms with Gasteiger partial charge >= 0.3 is 6.18 Å². The predicted molar refractivity (Wildman–Crippen MR) is 53.2 cm³/mol. The van der Waals surface area contributed by atoms with E-state index in [1.165, 1.54) is 12.4 Å².